The number of aliphatic hydroxyl groups is 1. The van der Waals surface area contributed by atoms with Gasteiger partial charge in [0.25, 0.3) is 0 Å². The Labute approximate surface area is 135 Å². The Kier molecular flexibility index (Phi) is 5.55. The lowest BCUT2D eigenvalue weighted by molar-refractivity contribution is -0.137. The standard InChI is InChI=1S/C15H13F3N4O2/c16-15(17,18)10-1-3-12(4-2-10)24-9-11(23)8-22-14-13(7-19)20-5-6-21-14/h1-6,11,23H,8-9H2,(H,21,22)/t11-/m0/s1. The van der Waals surface area contributed by atoms with Crippen LogP contribution in [0.4, 0.5) is 19.0 Å². The molecule has 126 valence electrons. The second-order valence-corrected chi connectivity index (χ2v) is 4.73. The number of nitrogens with one attached hydrogen (secondary N) is 1. The highest BCUT2D eigenvalue weighted by molar-refractivity contribution is 5.46. The number of alkyl halides is 3. The number of rotatable bonds is 6. The van der Waals surface area contributed by atoms with Crippen molar-refractivity contribution >= 4 is 5.82 Å². The molecule has 2 rings (SSSR count). The predicted octanol–water partition coefficient (Wildman–Crippen LogP) is 2.22. The maximum Gasteiger partial charge on any atom is 0.416 e. The van der Waals surface area contributed by atoms with Crippen molar-refractivity contribution in [3.8, 4) is 11.8 Å². The molecular formula is C15H13F3N4O2. The summed E-state index contributed by atoms with van der Waals surface area (Å²) in [7, 11) is 0. The summed E-state index contributed by atoms with van der Waals surface area (Å²) < 4.78 is 42.5. The first-order valence-electron chi connectivity index (χ1n) is 6.83. The molecule has 1 heterocycles. The molecule has 0 aliphatic heterocycles. The topological polar surface area (TPSA) is 91.1 Å². The Morgan fingerprint density at radius 3 is 2.50 bits per heavy atom. The largest absolute Gasteiger partial charge is 0.491 e. The number of aromatic nitrogens is 2. The van der Waals surface area contributed by atoms with Crippen LogP contribution in [0.2, 0.25) is 0 Å². The van der Waals surface area contributed by atoms with Crippen molar-refractivity contribution in [2.24, 2.45) is 0 Å². The lowest BCUT2D eigenvalue weighted by Crippen LogP contribution is -2.27. The van der Waals surface area contributed by atoms with Crippen molar-refractivity contribution in [3.05, 3.63) is 47.9 Å². The number of hydrogen-bond acceptors (Lipinski definition) is 6. The molecule has 0 saturated heterocycles. The van der Waals surface area contributed by atoms with Crippen molar-refractivity contribution in [1.29, 1.82) is 5.26 Å². The maximum absolute atomic E-state index is 12.4. The molecule has 0 radical (unpaired) electrons. The first-order chi connectivity index (χ1) is 11.4. The lowest BCUT2D eigenvalue weighted by atomic mass is 10.2. The number of nitriles is 1. The van der Waals surface area contributed by atoms with Crippen molar-refractivity contribution in [2.45, 2.75) is 12.3 Å². The second kappa shape index (κ2) is 7.61. The van der Waals surface area contributed by atoms with Crippen molar-refractivity contribution < 1.29 is 23.0 Å². The van der Waals surface area contributed by atoms with E-state index in [0.717, 1.165) is 12.1 Å². The molecule has 0 bridgehead atoms. The highest BCUT2D eigenvalue weighted by Crippen LogP contribution is 2.30. The van der Waals surface area contributed by atoms with E-state index in [0.29, 0.717) is 0 Å². The molecule has 0 saturated carbocycles. The van der Waals surface area contributed by atoms with Gasteiger partial charge >= 0.3 is 6.18 Å². The Morgan fingerprint density at radius 1 is 1.21 bits per heavy atom. The van der Waals surface area contributed by atoms with Gasteiger partial charge in [0.1, 0.15) is 24.5 Å². The van der Waals surface area contributed by atoms with Crippen LogP contribution in [0.15, 0.2) is 36.7 Å². The van der Waals surface area contributed by atoms with E-state index < -0.39 is 17.8 Å². The zero-order valence-electron chi connectivity index (χ0n) is 12.3. The molecular weight excluding hydrogens is 325 g/mol. The van der Waals surface area contributed by atoms with Crippen LogP contribution in [-0.2, 0) is 6.18 Å². The van der Waals surface area contributed by atoms with Crippen LogP contribution >= 0.6 is 0 Å². The molecule has 2 N–H and O–H groups in total. The van der Waals surface area contributed by atoms with Crippen LogP contribution < -0.4 is 10.1 Å². The average Bonchev–Trinajstić information content (AvgIpc) is 2.58. The minimum atomic E-state index is -4.41. The molecule has 0 amide bonds. The summed E-state index contributed by atoms with van der Waals surface area (Å²) in [6.45, 7) is -0.103. The molecule has 0 aliphatic rings. The summed E-state index contributed by atoms with van der Waals surface area (Å²) in [5, 5.41) is 21.4. The Bertz CT molecular complexity index is 714. The zero-order chi connectivity index (χ0) is 17.6. The summed E-state index contributed by atoms with van der Waals surface area (Å²) >= 11 is 0. The lowest BCUT2D eigenvalue weighted by Gasteiger charge is -2.14. The molecule has 6 nitrogen and oxygen atoms in total. The van der Waals surface area contributed by atoms with E-state index in [1.165, 1.54) is 24.5 Å². The Hall–Kier alpha value is -2.86. The first-order valence-corrected chi connectivity index (χ1v) is 6.83. The van der Waals surface area contributed by atoms with Crippen LogP contribution in [-0.4, -0.2) is 34.3 Å². The fourth-order valence-corrected chi connectivity index (χ4v) is 1.76. The molecule has 0 unspecified atom stereocenters. The number of anilines is 1. The third kappa shape index (κ3) is 4.82. The number of benzene rings is 1. The summed E-state index contributed by atoms with van der Waals surface area (Å²) in [4.78, 5) is 7.72. The van der Waals surface area contributed by atoms with Gasteiger partial charge in [-0.3, -0.25) is 0 Å². The molecule has 1 aromatic carbocycles. The SMILES string of the molecule is N#Cc1nccnc1NC[C@H](O)COc1ccc(C(F)(F)F)cc1. The van der Waals surface area contributed by atoms with E-state index in [9.17, 15) is 18.3 Å². The van der Waals surface area contributed by atoms with Crippen LogP contribution in [0.3, 0.4) is 0 Å². The minimum absolute atomic E-state index is 0.0357. The van der Waals surface area contributed by atoms with Gasteiger partial charge in [-0.2, -0.15) is 18.4 Å². The van der Waals surface area contributed by atoms with Crippen molar-refractivity contribution in [2.75, 3.05) is 18.5 Å². The first kappa shape index (κ1) is 17.5. The normalized spacial score (nSPS) is 12.3. The van der Waals surface area contributed by atoms with Gasteiger partial charge in [0.15, 0.2) is 11.5 Å². The third-order valence-electron chi connectivity index (χ3n) is 2.93. The van der Waals surface area contributed by atoms with E-state index in [-0.39, 0.29) is 30.4 Å². The summed E-state index contributed by atoms with van der Waals surface area (Å²) in [5.41, 5.74) is -0.683. The van der Waals surface area contributed by atoms with Gasteiger partial charge in [-0.15, -0.1) is 0 Å². The number of ether oxygens (including phenoxy) is 1. The number of nitrogens with zero attached hydrogens (tertiary/aromatic N) is 3. The second-order valence-electron chi connectivity index (χ2n) is 4.73. The molecule has 0 aliphatic carbocycles. The highest BCUT2D eigenvalue weighted by atomic mass is 19.4. The van der Waals surface area contributed by atoms with E-state index in [2.05, 4.69) is 15.3 Å². The minimum Gasteiger partial charge on any atom is -0.491 e. The van der Waals surface area contributed by atoms with E-state index >= 15 is 0 Å². The highest BCUT2D eigenvalue weighted by Gasteiger charge is 2.30. The maximum atomic E-state index is 12.4. The van der Waals surface area contributed by atoms with Crippen LogP contribution in [0.5, 0.6) is 5.75 Å². The summed E-state index contributed by atoms with van der Waals surface area (Å²) in [6, 6.07) is 6.02. The van der Waals surface area contributed by atoms with Crippen molar-refractivity contribution in [1.82, 2.24) is 9.97 Å². The van der Waals surface area contributed by atoms with Gasteiger partial charge in [0.05, 0.1) is 5.56 Å². The van der Waals surface area contributed by atoms with E-state index in [1.807, 2.05) is 6.07 Å². The molecule has 9 heteroatoms. The van der Waals surface area contributed by atoms with Gasteiger partial charge in [0.2, 0.25) is 0 Å². The predicted molar refractivity (Wildman–Crippen MR) is 78.2 cm³/mol. The van der Waals surface area contributed by atoms with Crippen LogP contribution in [0.25, 0.3) is 0 Å². The van der Waals surface area contributed by atoms with Gasteiger partial charge in [0, 0.05) is 18.9 Å². The summed E-state index contributed by atoms with van der Waals surface area (Å²) in [6.07, 6.45) is -2.60. The molecule has 0 fully saturated rings. The fraction of sp³-hybridized carbons (Fsp3) is 0.267. The number of hydrogen-bond donors (Lipinski definition) is 2. The molecule has 1 atom stereocenters. The van der Waals surface area contributed by atoms with Crippen molar-refractivity contribution in [3.63, 3.8) is 0 Å². The van der Waals surface area contributed by atoms with Crippen LogP contribution in [0.1, 0.15) is 11.3 Å². The quantitative estimate of drug-likeness (QED) is 0.839. The number of aliphatic hydroxyl groups excluding tert-OH is 1. The molecule has 2 aromatic rings. The Morgan fingerprint density at radius 2 is 1.88 bits per heavy atom. The van der Waals surface area contributed by atoms with E-state index in [1.54, 1.807) is 0 Å². The third-order valence-corrected chi connectivity index (χ3v) is 2.93. The van der Waals surface area contributed by atoms with Gasteiger partial charge in [-0.25, -0.2) is 9.97 Å². The summed E-state index contributed by atoms with van der Waals surface area (Å²) in [5.74, 6) is 0.438. The van der Waals surface area contributed by atoms with Gasteiger partial charge < -0.3 is 15.2 Å². The number of halogens is 3. The van der Waals surface area contributed by atoms with Gasteiger partial charge in [-0.1, -0.05) is 0 Å². The fourth-order valence-electron chi connectivity index (χ4n) is 1.76. The smallest absolute Gasteiger partial charge is 0.416 e. The van der Waals surface area contributed by atoms with E-state index in [4.69, 9.17) is 10.00 Å². The molecule has 24 heavy (non-hydrogen) atoms. The average molecular weight is 338 g/mol. The Balaban J connectivity index is 1.83. The molecule has 0 spiro atoms. The van der Waals surface area contributed by atoms with Crippen LogP contribution in [0, 0.1) is 11.3 Å². The zero-order valence-corrected chi connectivity index (χ0v) is 12.3. The monoisotopic (exact) mass is 338 g/mol. The van der Waals surface area contributed by atoms with Gasteiger partial charge in [-0.05, 0) is 24.3 Å². The molecule has 1 aromatic heterocycles.